The fraction of sp³-hybridized carbons (Fsp3) is 0.524. The Kier molecular flexibility index (Phi) is 7.45. The fourth-order valence-corrected chi connectivity index (χ4v) is 4.23. The molecule has 3 rings (SSSR count). The van der Waals surface area contributed by atoms with Crippen LogP contribution < -0.4 is 16.2 Å². The predicted octanol–water partition coefficient (Wildman–Crippen LogP) is 3.17. The summed E-state index contributed by atoms with van der Waals surface area (Å²) in [6.45, 7) is 1.49. The van der Waals surface area contributed by atoms with Crippen LogP contribution >= 0.6 is 0 Å². The van der Waals surface area contributed by atoms with Crippen molar-refractivity contribution < 1.29 is 19.4 Å². The molecule has 2 unspecified atom stereocenters. The van der Waals surface area contributed by atoms with Gasteiger partial charge in [-0.15, -0.1) is 0 Å². The monoisotopic (exact) mass is 387 g/mol. The third kappa shape index (κ3) is 5.81. The molecule has 2 bridgehead atoms. The summed E-state index contributed by atoms with van der Waals surface area (Å²) in [5, 5.41) is 11.5. The highest BCUT2D eigenvalue weighted by atomic mass is 16.5. The molecule has 1 aromatic rings. The first kappa shape index (κ1) is 20.4. The number of nitrogens with one attached hydrogen (secondary N) is 3. The number of anilines is 1. The summed E-state index contributed by atoms with van der Waals surface area (Å²) in [7, 11) is 0. The second kappa shape index (κ2) is 10.2. The highest BCUT2D eigenvalue weighted by Crippen LogP contribution is 2.46. The molecular formula is C21H29N3O4. The minimum atomic E-state index is -0.742. The van der Waals surface area contributed by atoms with Crippen molar-refractivity contribution in [1.82, 2.24) is 10.9 Å². The van der Waals surface area contributed by atoms with E-state index < -0.39 is 5.97 Å². The summed E-state index contributed by atoms with van der Waals surface area (Å²) in [6.07, 6.45) is 8.27. The van der Waals surface area contributed by atoms with Crippen LogP contribution in [0, 0.1) is 17.8 Å². The molecule has 1 saturated heterocycles. The topological polar surface area (TPSA) is 99.7 Å². The number of hydrogen-bond acceptors (Lipinski definition) is 4. The summed E-state index contributed by atoms with van der Waals surface area (Å²) < 4.78 is 5.86. The van der Waals surface area contributed by atoms with Gasteiger partial charge in [0.05, 0.1) is 12.7 Å². The van der Waals surface area contributed by atoms with Crippen molar-refractivity contribution in [1.29, 1.82) is 0 Å². The van der Waals surface area contributed by atoms with Crippen LogP contribution in [-0.4, -0.2) is 36.4 Å². The number of hydrazine groups is 1. The number of ether oxygens (including phenoxy) is 1. The molecule has 0 radical (unpaired) electrons. The lowest BCUT2D eigenvalue weighted by molar-refractivity contribution is -0.137. The van der Waals surface area contributed by atoms with Crippen LogP contribution in [0.3, 0.4) is 0 Å². The highest BCUT2D eigenvalue weighted by Gasteiger charge is 2.47. The minimum Gasteiger partial charge on any atom is -0.481 e. The van der Waals surface area contributed by atoms with Gasteiger partial charge in [0.1, 0.15) is 0 Å². The lowest BCUT2D eigenvalue weighted by Crippen LogP contribution is -2.46. The number of hydrogen-bond donors (Lipinski definition) is 4. The van der Waals surface area contributed by atoms with Gasteiger partial charge in [0.15, 0.2) is 0 Å². The van der Waals surface area contributed by atoms with Crippen molar-refractivity contribution in [3.05, 3.63) is 42.5 Å². The summed E-state index contributed by atoms with van der Waals surface area (Å²) in [5.74, 6) is 0.715. The number of carboxylic acid groups (broad SMARTS) is 1. The van der Waals surface area contributed by atoms with Crippen LogP contribution in [0.2, 0.25) is 0 Å². The number of rotatable bonds is 10. The second-order valence-corrected chi connectivity index (χ2v) is 7.51. The van der Waals surface area contributed by atoms with E-state index in [4.69, 9.17) is 9.84 Å². The maximum atomic E-state index is 12.0. The molecule has 152 valence electrons. The van der Waals surface area contributed by atoms with Crippen LogP contribution in [0.1, 0.15) is 32.1 Å². The zero-order valence-corrected chi connectivity index (χ0v) is 16.0. The van der Waals surface area contributed by atoms with Gasteiger partial charge in [-0.05, 0) is 49.7 Å². The Bertz CT molecular complexity index is 679. The van der Waals surface area contributed by atoms with Crippen molar-refractivity contribution in [2.24, 2.45) is 17.8 Å². The molecule has 2 amide bonds. The van der Waals surface area contributed by atoms with Crippen LogP contribution in [0.4, 0.5) is 10.5 Å². The third-order valence-electron chi connectivity index (χ3n) is 5.60. The number of carbonyl (C=O) groups is 2. The maximum Gasteiger partial charge on any atom is 0.333 e. The number of carbonyl (C=O) groups excluding carboxylic acids is 1. The molecule has 28 heavy (non-hydrogen) atoms. The SMILES string of the molecule is O=C(O)CCC/C=C\C[C@H]1C2COC(C2)[C@@H]1CNNC(=O)Nc1ccccc1. The summed E-state index contributed by atoms with van der Waals surface area (Å²) in [6, 6.07) is 9.03. The molecule has 1 heterocycles. The van der Waals surface area contributed by atoms with Crippen LogP contribution in [-0.2, 0) is 9.53 Å². The molecule has 1 aromatic carbocycles. The first-order valence-electron chi connectivity index (χ1n) is 9.97. The van der Waals surface area contributed by atoms with Gasteiger partial charge in [-0.1, -0.05) is 30.4 Å². The zero-order chi connectivity index (χ0) is 19.8. The predicted molar refractivity (Wildman–Crippen MR) is 107 cm³/mol. The Balaban J connectivity index is 1.40. The number of fused-ring (bicyclic) bond motifs is 2. The number of para-hydroxylation sites is 1. The molecule has 4 N–H and O–H groups in total. The zero-order valence-electron chi connectivity index (χ0n) is 16.0. The molecule has 1 aliphatic carbocycles. The number of amides is 2. The van der Waals surface area contributed by atoms with E-state index in [1.54, 1.807) is 0 Å². The van der Waals surface area contributed by atoms with E-state index in [2.05, 4.69) is 28.3 Å². The molecule has 4 atom stereocenters. The van der Waals surface area contributed by atoms with E-state index in [-0.39, 0.29) is 18.6 Å². The van der Waals surface area contributed by atoms with Gasteiger partial charge >= 0.3 is 12.0 Å². The molecule has 7 nitrogen and oxygen atoms in total. The summed E-state index contributed by atoms with van der Waals surface area (Å²) >= 11 is 0. The summed E-state index contributed by atoms with van der Waals surface area (Å²) in [4.78, 5) is 22.5. The summed E-state index contributed by atoms with van der Waals surface area (Å²) in [5.41, 5.74) is 6.50. The van der Waals surface area contributed by atoms with Gasteiger partial charge in [0.25, 0.3) is 0 Å². The largest absolute Gasteiger partial charge is 0.481 e. The van der Waals surface area contributed by atoms with Gasteiger partial charge in [0, 0.05) is 24.6 Å². The highest BCUT2D eigenvalue weighted by molar-refractivity contribution is 5.88. The van der Waals surface area contributed by atoms with E-state index in [0.717, 1.165) is 31.6 Å². The Morgan fingerprint density at radius 2 is 2.00 bits per heavy atom. The molecule has 2 aliphatic rings. The molecule has 1 aliphatic heterocycles. The standard InChI is InChI=1S/C21H29N3O4/c25-20(26)11-7-2-1-6-10-17-15-12-19(28-14-15)18(17)13-22-24-21(27)23-16-8-4-3-5-9-16/h1,3-6,8-9,15,17-19,22H,2,7,10-14H2,(H,25,26)(H2,23,24,27)/b6-1-/t15?,17-,18+,19?/m0/s1. The van der Waals surface area contributed by atoms with Crippen LogP contribution in [0.15, 0.2) is 42.5 Å². The van der Waals surface area contributed by atoms with Crippen molar-refractivity contribution in [3.8, 4) is 0 Å². The number of carboxylic acids is 1. The molecule has 7 heteroatoms. The smallest absolute Gasteiger partial charge is 0.333 e. The van der Waals surface area contributed by atoms with E-state index in [1.807, 2.05) is 30.3 Å². The normalized spacial score (nSPS) is 25.9. The lowest BCUT2D eigenvalue weighted by Gasteiger charge is -2.30. The van der Waals surface area contributed by atoms with Gasteiger partial charge in [-0.3, -0.25) is 10.2 Å². The average molecular weight is 387 g/mol. The van der Waals surface area contributed by atoms with Gasteiger partial charge in [-0.2, -0.15) is 0 Å². The minimum absolute atomic E-state index is 0.218. The number of unbranched alkanes of at least 4 members (excludes halogenated alkanes) is 1. The lowest BCUT2D eigenvalue weighted by atomic mass is 9.85. The van der Waals surface area contributed by atoms with E-state index >= 15 is 0 Å². The van der Waals surface area contributed by atoms with Crippen molar-refractivity contribution in [2.75, 3.05) is 18.5 Å². The first-order chi connectivity index (χ1) is 13.6. The first-order valence-corrected chi connectivity index (χ1v) is 9.97. The number of aliphatic carboxylic acids is 1. The quantitative estimate of drug-likeness (QED) is 0.281. The maximum absolute atomic E-state index is 12.0. The third-order valence-corrected chi connectivity index (χ3v) is 5.60. The van der Waals surface area contributed by atoms with Gasteiger partial charge < -0.3 is 15.2 Å². The van der Waals surface area contributed by atoms with Gasteiger partial charge in [0.2, 0.25) is 0 Å². The Hall–Kier alpha value is -2.38. The Morgan fingerprint density at radius 3 is 2.79 bits per heavy atom. The average Bonchev–Trinajstić information content (AvgIpc) is 3.27. The molecule has 0 aromatic heterocycles. The fourth-order valence-electron chi connectivity index (χ4n) is 4.23. The number of allylic oxidation sites excluding steroid dienone is 2. The van der Waals surface area contributed by atoms with Crippen LogP contribution in [0.5, 0.6) is 0 Å². The Labute approximate surface area is 165 Å². The molecule has 0 spiro atoms. The molecule has 1 saturated carbocycles. The van der Waals surface area contributed by atoms with Crippen molar-refractivity contribution in [3.63, 3.8) is 0 Å². The number of urea groups is 1. The second-order valence-electron chi connectivity index (χ2n) is 7.51. The molecular weight excluding hydrogens is 358 g/mol. The molecule has 2 fully saturated rings. The van der Waals surface area contributed by atoms with Crippen molar-refractivity contribution >= 4 is 17.7 Å². The van der Waals surface area contributed by atoms with Crippen molar-refractivity contribution in [2.45, 2.75) is 38.2 Å². The van der Waals surface area contributed by atoms with Gasteiger partial charge in [-0.25, -0.2) is 10.2 Å². The van der Waals surface area contributed by atoms with E-state index in [1.165, 1.54) is 0 Å². The van der Waals surface area contributed by atoms with E-state index in [9.17, 15) is 9.59 Å². The Morgan fingerprint density at radius 1 is 1.18 bits per heavy atom. The number of benzene rings is 1. The van der Waals surface area contributed by atoms with Crippen LogP contribution in [0.25, 0.3) is 0 Å². The van der Waals surface area contributed by atoms with E-state index in [0.29, 0.717) is 30.7 Å².